The zero-order chi connectivity index (χ0) is 15.6. The Hall–Kier alpha value is -1.95. The molecule has 0 spiro atoms. The van der Waals surface area contributed by atoms with Crippen LogP contribution in [0.25, 0.3) is 0 Å². The number of rotatable bonds is 3. The van der Waals surface area contributed by atoms with Crippen molar-refractivity contribution in [2.24, 2.45) is 0 Å². The van der Waals surface area contributed by atoms with Crippen molar-refractivity contribution < 1.29 is 9.18 Å². The second-order valence-corrected chi connectivity index (χ2v) is 5.73. The van der Waals surface area contributed by atoms with Gasteiger partial charge in [-0.3, -0.25) is 4.79 Å². The van der Waals surface area contributed by atoms with Gasteiger partial charge >= 0.3 is 0 Å². The van der Waals surface area contributed by atoms with Crippen LogP contribution in [0.3, 0.4) is 0 Å². The number of carbonyl (C=O) groups excluding carboxylic acids is 1. The van der Waals surface area contributed by atoms with E-state index in [4.69, 9.17) is 5.73 Å². The molecule has 0 aliphatic heterocycles. The van der Waals surface area contributed by atoms with E-state index < -0.39 is 0 Å². The first-order chi connectivity index (χ1) is 9.88. The van der Waals surface area contributed by atoms with E-state index in [0.717, 1.165) is 5.56 Å². The number of carbonyl (C=O) groups is 1. The number of hydrogen-bond donors (Lipinski definition) is 2. The van der Waals surface area contributed by atoms with Crippen molar-refractivity contribution >= 4 is 27.7 Å². The summed E-state index contributed by atoms with van der Waals surface area (Å²) in [7, 11) is 0. The molecule has 110 valence electrons. The Labute approximate surface area is 130 Å². The summed E-state index contributed by atoms with van der Waals surface area (Å²) in [5, 5.41) is 2.75. The van der Waals surface area contributed by atoms with Crippen molar-refractivity contribution in [3.8, 4) is 0 Å². The average molecular weight is 352 g/mol. The minimum atomic E-state index is -0.319. The predicted molar refractivity (Wildman–Crippen MR) is 83.4 cm³/mol. The number of benzene rings is 1. The third kappa shape index (κ3) is 3.58. The summed E-state index contributed by atoms with van der Waals surface area (Å²) in [4.78, 5) is 16.0. The Bertz CT molecular complexity index is 680. The number of amides is 1. The molecular formula is C15H15BrFN3O. The van der Waals surface area contributed by atoms with Gasteiger partial charge in [0.25, 0.3) is 5.91 Å². The third-order valence-corrected chi connectivity index (χ3v) is 3.51. The highest BCUT2D eigenvalue weighted by atomic mass is 79.9. The van der Waals surface area contributed by atoms with Crippen LogP contribution in [0.2, 0.25) is 0 Å². The Balaban J connectivity index is 2.13. The maximum Gasteiger partial charge on any atom is 0.255 e. The number of pyridine rings is 1. The quantitative estimate of drug-likeness (QED) is 0.892. The van der Waals surface area contributed by atoms with E-state index in [2.05, 4.69) is 26.2 Å². The van der Waals surface area contributed by atoms with Gasteiger partial charge in [0.05, 0.1) is 5.56 Å². The van der Waals surface area contributed by atoms with Crippen molar-refractivity contribution in [2.45, 2.75) is 20.4 Å². The second kappa shape index (κ2) is 6.22. The number of anilines is 1. The van der Waals surface area contributed by atoms with Crippen LogP contribution >= 0.6 is 15.9 Å². The molecule has 1 amide bonds. The molecule has 3 N–H and O–H groups in total. The lowest BCUT2D eigenvalue weighted by molar-refractivity contribution is 0.0951. The van der Waals surface area contributed by atoms with Gasteiger partial charge in [0, 0.05) is 17.2 Å². The minimum Gasteiger partial charge on any atom is -0.383 e. The molecule has 2 rings (SSSR count). The predicted octanol–water partition coefficient (Wildman–Crippen LogP) is 3.11. The highest BCUT2D eigenvalue weighted by Gasteiger charge is 2.12. The van der Waals surface area contributed by atoms with Gasteiger partial charge in [0.15, 0.2) is 0 Å². The zero-order valence-corrected chi connectivity index (χ0v) is 13.3. The largest absolute Gasteiger partial charge is 0.383 e. The molecule has 0 saturated heterocycles. The lowest BCUT2D eigenvalue weighted by Crippen LogP contribution is -2.24. The molecule has 0 bridgehead atoms. The summed E-state index contributed by atoms with van der Waals surface area (Å²) in [6, 6.07) is 5.04. The number of aryl methyl sites for hydroxylation is 2. The normalized spacial score (nSPS) is 10.5. The van der Waals surface area contributed by atoms with Crippen molar-refractivity contribution in [1.82, 2.24) is 10.3 Å². The highest BCUT2D eigenvalue weighted by Crippen LogP contribution is 2.17. The lowest BCUT2D eigenvalue weighted by atomic mass is 10.1. The van der Waals surface area contributed by atoms with Crippen molar-refractivity contribution in [1.29, 1.82) is 0 Å². The molecule has 0 radical (unpaired) electrons. The summed E-state index contributed by atoms with van der Waals surface area (Å²) >= 11 is 3.25. The van der Waals surface area contributed by atoms with Gasteiger partial charge in [0.1, 0.15) is 11.6 Å². The van der Waals surface area contributed by atoms with E-state index >= 15 is 0 Å². The van der Waals surface area contributed by atoms with Gasteiger partial charge in [0.2, 0.25) is 0 Å². The summed E-state index contributed by atoms with van der Waals surface area (Å²) in [6.07, 6.45) is 1.53. The van der Waals surface area contributed by atoms with Crippen molar-refractivity contribution in [2.75, 3.05) is 5.73 Å². The molecule has 21 heavy (non-hydrogen) atoms. The maximum atomic E-state index is 13.6. The first-order valence-corrected chi connectivity index (χ1v) is 7.12. The van der Waals surface area contributed by atoms with Gasteiger partial charge in [-0.25, -0.2) is 9.37 Å². The van der Waals surface area contributed by atoms with Crippen molar-refractivity contribution in [3.63, 3.8) is 0 Å². The molecule has 0 unspecified atom stereocenters. The number of aromatic nitrogens is 1. The summed E-state index contributed by atoms with van der Waals surface area (Å²) in [5.74, 6) is -0.367. The van der Waals surface area contributed by atoms with Crippen LogP contribution in [-0.4, -0.2) is 10.9 Å². The first-order valence-electron chi connectivity index (χ1n) is 6.33. The summed E-state index contributed by atoms with van der Waals surface area (Å²) in [6.45, 7) is 3.69. The Morgan fingerprint density at radius 3 is 2.57 bits per heavy atom. The van der Waals surface area contributed by atoms with Crippen LogP contribution in [0.5, 0.6) is 0 Å². The molecule has 1 heterocycles. The Morgan fingerprint density at radius 2 is 1.95 bits per heavy atom. The van der Waals surface area contributed by atoms with Crippen LogP contribution < -0.4 is 11.1 Å². The molecule has 4 nitrogen and oxygen atoms in total. The molecule has 6 heteroatoms. The molecule has 0 fully saturated rings. The smallest absolute Gasteiger partial charge is 0.255 e. The molecule has 1 aromatic carbocycles. The Kier molecular flexibility index (Phi) is 4.57. The molecule has 0 aliphatic carbocycles. The van der Waals surface area contributed by atoms with Crippen LogP contribution in [-0.2, 0) is 6.54 Å². The van der Waals surface area contributed by atoms with Crippen LogP contribution in [0, 0.1) is 19.7 Å². The van der Waals surface area contributed by atoms with Gasteiger partial charge in [-0.2, -0.15) is 0 Å². The monoisotopic (exact) mass is 351 g/mol. The minimum absolute atomic E-state index is 0.169. The molecule has 2 aromatic rings. The number of nitrogens with one attached hydrogen (secondary N) is 1. The molecule has 0 atom stereocenters. The first kappa shape index (κ1) is 15.4. The van der Waals surface area contributed by atoms with Gasteiger partial charge in [-0.1, -0.05) is 12.1 Å². The summed E-state index contributed by atoms with van der Waals surface area (Å²) in [5.41, 5.74) is 7.94. The number of nitrogens with two attached hydrogens (primary N) is 1. The zero-order valence-electron chi connectivity index (χ0n) is 11.7. The van der Waals surface area contributed by atoms with Crippen LogP contribution in [0.1, 0.15) is 27.0 Å². The maximum absolute atomic E-state index is 13.6. The van der Waals surface area contributed by atoms with E-state index in [1.165, 1.54) is 6.20 Å². The SMILES string of the molecule is Cc1cc(CNC(=O)c2cc(Br)cnc2N)cc(C)c1F. The van der Waals surface area contributed by atoms with Crippen LogP contribution in [0.15, 0.2) is 28.9 Å². The van der Waals surface area contributed by atoms with Gasteiger partial charge in [-0.15, -0.1) is 0 Å². The standard InChI is InChI=1S/C15H15BrFN3O/c1-8-3-10(4-9(2)13(8)17)6-20-15(21)12-5-11(16)7-19-14(12)18/h3-5,7H,6H2,1-2H3,(H2,18,19)(H,20,21). The molecular weight excluding hydrogens is 337 g/mol. The van der Waals surface area contributed by atoms with Gasteiger partial charge < -0.3 is 11.1 Å². The van der Waals surface area contributed by atoms with E-state index in [-0.39, 0.29) is 17.5 Å². The number of hydrogen-bond acceptors (Lipinski definition) is 3. The topological polar surface area (TPSA) is 68.0 Å². The number of halogens is 2. The third-order valence-electron chi connectivity index (χ3n) is 3.08. The van der Waals surface area contributed by atoms with E-state index in [1.54, 1.807) is 32.0 Å². The molecule has 1 aromatic heterocycles. The Morgan fingerprint density at radius 1 is 1.33 bits per heavy atom. The molecule has 0 aliphatic rings. The second-order valence-electron chi connectivity index (χ2n) is 4.81. The van der Waals surface area contributed by atoms with Gasteiger partial charge in [-0.05, 0) is 52.5 Å². The fourth-order valence-electron chi connectivity index (χ4n) is 2.05. The van der Waals surface area contributed by atoms with E-state index in [1.807, 2.05) is 0 Å². The number of nitrogens with zero attached hydrogens (tertiary/aromatic N) is 1. The lowest BCUT2D eigenvalue weighted by Gasteiger charge is -2.10. The fourth-order valence-corrected chi connectivity index (χ4v) is 2.38. The molecule has 0 saturated carbocycles. The van der Waals surface area contributed by atoms with Crippen molar-refractivity contribution in [3.05, 3.63) is 56.9 Å². The van der Waals surface area contributed by atoms with Crippen LogP contribution in [0.4, 0.5) is 10.2 Å². The highest BCUT2D eigenvalue weighted by molar-refractivity contribution is 9.10. The van der Waals surface area contributed by atoms with E-state index in [9.17, 15) is 9.18 Å². The summed E-state index contributed by atoms with van der Waals surface area (Å²) < 4.78 is 14.2. The average Bonchev–Trinajstić information content (AvgIpc) is 2.44. The number of nitrogen functional groups attached to an aromatic ring is 1. The van der Waals surface area contributed by atoms with E-state index in [0.29, 0.717) is 27.7 Å². The fraction of sp³-hybridized carbons (Fsp3) is 0.200.